The summed E-state index contributed by atoms with van der Waals surface area (Å²) in [4.78, 5) is 0.178. The second-order valence-electron chi connectivity index (χ2n) is 5.07. The van der Waals surface area contributed by atoms with Crippen LogP contribution in [-0.2, 0) is 16.6 Å². The summed E-state index contributed by atoms with van der Waals surface area (Å²) in [5, 5.41) is 3.74. The van der Waals surface area contributed by atoms with Crippen molar-refractivity contribution in [1.82, 2.24) is 9.46 Å². The number of hydrogen-bond acceptors (Lipinski definition) is 4. The maximum absolute atomic E-state index is 12.8. The van der Waals surface area contributed by atoms with Gasteiger partial charge in [0.2, 0.25) is 10.0 Å². The van der Waals surface area contributed by atoms with Gasteiger partial charge in [-0.3, -0.25) is 0 Å². The van der Waals surface area contributed by atoms with Gasteiger partial charge in [-0.15, -0.1) is 0 Å². The Kier molecular flexibility index (Phi) is 4.49. The lowest BCUT2D eigenvalue weighted by molar-refractivity contribution is 0.388. The Bertz CT molecular complexity index is 716. The number of hydrogen-bond donors (Lipinski definition) is 0. The molecule has 0 amide bonds. The Labute approximate surface area is 125 Å². The molecule has 0 fully saturated rings. The van der Waals surface area contributed by atoms with E-state index in [9.17, 15) is 8.42 Å². The van der Waals surface area contributed by atoms with Gasteiger partial charge in [0.05, 0.1) is 0 Å². The first-order chi connectivity index (χ1) is 9.86. The molecule has 0 spiro atoms. The van der Waals surface area contributed by atoms with Crippen LogP contribution in [0.1, 0.15) is 29.5 Å². The Hall–Kier alpha value is -1.66. The van der Waals surface area contributed by atoms with Crippen LogP contribution < -0.4 is 0 Å². The second-order valence-corrected chi connectivity index (χ2v) is 6.95. The van der Waals surface area contributed by atoms with E-state index < -0.39 is 10.0 Å². The van der Waals surface area contributed by atoms with E-state index in [0.717, 1.165) is 11.1 Å². The number of rotatable bonds is 5. The summed E-state index contributed by atoms with van der Waals surface area (Å²) < 4.78 is 32.0. The van der Waals surface area contributed by atoms with Crippen molar-refractivity contribution >= 4 is 10.0 Å². The maximum atomic E-state index is 12.8. The van der Waals surface area contributed by atoms with Gasteiger partial charge < -0.3 is 4.52 Å². The van der Waals surface area contributed by atoms with E-state index in [2.05, 4.69) is 5.16 Å². The summed E-state index contributed by atoms with van der Waals surface area (Å²) in [6.45, 7) is 7.80. The molecule has 0 aliphatic carbocycles. The molecule has 6 heteroatoms. The molecule has 1 heterocycles. The van der Waals surface area contributed by atoms with Crippen molar-refractivity contribution in [1.29, 1.82) is 0 Å². The number of sulfonamides is 1. The van der Waals surface area contributed by atoms with Crippen molar-refractivity contribution in [2.45, 2.75) is 39.1 Å². The molecule has 0 aliphatic heterocycles. The fourth-order valence-electron chi connectivity index (χ4n) is 2.35. The van der Waals surface area contributed by atoms with Gasteiger partial charge in [0, 0.05) is 13.1 Å². The lowest BCUT2D eigenvalue weighted by Crippen LogP contribution is -2.31. The summed E-state index contributed by atoms with van der Waals surface area (Å²) >= 11 is 0. The topological polar surface area (TPSA) is 63.4 Å². The van der Waals surface area contributed by atoms with Gasteiger partial charge in [0.1, 0.15) is 10.6 Å². The second kappa shape index (κ2) is 5.99. The summed E-state index contributed by atoms with van der Waals surface area (Å²) in [5.74, 6) is 0.329. The van der Waals surface area contributed by atoms with Gasteiger partial charge in [-0.25, -0.2) is 8.42 Å². The van der Waals surface area contributed by atoms with E-state index in [0.29, 0.717) is 24.5 Å². The highest BCUT2D eigenvalue weighted by atomic mass is 32.2. The molecule has 0 saturated heterocycles. The Morgan fingerprint density at radius 2 is 1.95 bits per heavy atom. The van der Waals surface area contributed by atoms with Gasteiger partial charge in [0.15, 0.2) is 5.76 Å². The summed E-state index contributed by atoms with van der Waals surface area (Å²) in [6.07, 6.45) is 0. The molecule has 21 heavy (non-hydrogen) atoms. The molecule has 0 aliphatic rings. The molecular weight excluding hydrogens is 288 g/mol. The van der Waals surface area contributed by atoms with Gasteiger partial charge >= 0.3 is 0 Å². The van der Waals surface area contributed by atoms with E-state index in [4.69, 9.17) is 4.52 Å². The van der Waals surface area contributed by atoms with Gasteiger partial charge in [0.25, 0.3) is 0 Å². The highest BCUT2D eigenvalue weighted by Gasteiger charge is 2.30. The fourth-order valence-corrected chi connectivity index (χ4v) is 4.08. The SMILES string of the molecule is CCN(Cc1cccc(C)c1)S(=O)(=O)c1c(C)noc1C. The zero-order chi connectivity index (χ0) is 15.6. The van der Waals surface area contributed by atoms with Crippen molar-refractivity contribution in [3.8, 4) is 0 Å². The predicted molar refractivity (Wildman–Crippen MR) is 80.4 cm³/mol. The van der Waals surface area contributed by atoms with Gasteiger partial charge in [-0.1, -0.05) is 41.9 Å². The van der Waals surface area contributed by atoms with E-state index in [1.165, 1.54) is 4.31 Å². The molecule has 0 saturated carbocycles. The first-order valence-corrected chi connectivity index (χ1v) is 8.28. The Morgan fingerprint density at radius 3 is 2.48 bits per heavy atom. The smallest absolute Gasteiger partial charge is 0.248 e. The standard InChI is InChI=1S/C15H20N2O3S/c1-5-17(10-14-8-6-7-11(2)9-14)21(18,19)15-12(3)16-20-13(15)4/h6-9H,5,10H2,1-4H3. The molecule has 0 unspecified atom stereocenters. The molecule has 2 rings (SSSR count). The molecule has 114 valence electrons. The molecule has 5 nitrogen and oxygen atoms in total. The van der Waals surface area contributed by atoms with Crippen LogP contribution in [0.2, 0.25) is 0 Å². The molecule has 0 atom stereocenters. The molecule has 0 radical (unpaired) electrons. The average molecular weight is 308 g/mol. The minimum atomic E-state index is -3.60. The van der Waals surface area contributed by atoms with Crippen LogP contribution in [0.3, 0.4) is 0 Å². The van der Waals surface area contributed by atoms with Crippen molar-refractivity contribution in [3.05, 3.63) is 46.8 Å². The summed E-state index contributed by atoms with van der Waals surface area (Å²) in [6, 6.07) is 7.84. The Balaban J connectivity index is 2.37. The maximum Gasteiger partial charge on any atom is 0.248 e. The number of aromatic nitrogens is 1. The van der Waals surface area contributed by atoms with Gasteiger partial charge in [-0.05, 0) is 26.3 Å². The lowest BCUT2D eigenvalue weighted by Gasteiger charge is -2.20. The third-order valence-electron chi connectivity index (χ3n) is 3.36. The van der Waals surface area contributed by atoms with E-state index in [1.807, 2.05) is 38.1 Å². The van der Waals surface area contributed by atoms with Crippen LogP contribution in [0.25, 0.3) is 0 Å². The van der Waals surface area contributed by atoms with Crippen molar-refractivity contribution in [3.63, 3.8) is 0 Å². The third kappa shape index (κ3) is 3.16. The third-order valence-corrected chi connectivity index (χ3v) is 5.53. The van der Waals surface area contributed by atoms with E-state index in [-0.39, 0.29) is 4.90 Å². The van der Waals surface area contributed by atoms with Crippen LogP contribution in [0, 0.1) is 20.8 Å². The monoisotopic (exact) mass is 308 g/mol. The molecular formula is C15H20N2O3S. The van der Waals surface area contributed by atoms with Crippen LogP contribution in [0.4, 0.5) is 0 Å². The summed E-state index contributed by atoms with van der Waals surface area (Å²) in [5.41, 5.74) is 2.47. The average Bonchev–Trinajstić information content (AvgIpc) is 2.76. The van der Waals surface area contributed by atoms with Crippen molar-refractivity contribution < 1.29 is 12.9 Å². The number of benzene rings is 1. The quantitative estimate of drug-likeness (QED) is 0.852. The fraction of sp³-hybridized carbons (Fsp3) is 0.400. The number of nitrogens with zero attached hydrogens (tertiary/aromatic N) is 2. The molecule has 2 aromatic rings. The molecule has 0 N–H and O–H groups in total. The highest BCUT2D eigenvalue weighted by Crippen LogP contribution is 2.24. The van der Waals surface area contributed by atoms with Crippen LogP contribution in [0.15, 0.2) is 33.7 Å². The minimum Gasteiger partial charge on any atom is -0.360 e. The van der Waals surface area contributed by atoms with Crippen LogP contribution in [-0.4, -0.2) is 24.4 Å². The summed E-state index contributed by atoms with van der Waals surface area (Å²) in [7, 11) is -3.60. The predicted octanol–water partition coefficient (Wildman–Crippen LogP) is 2.81. The first-order valence-electron chi connectivity index (χ1n) is 6.84. The largest absolute Gasteiger partial charge is 0.360 e. The van der Waals surface area contributed by atoms with E-state index in [1.54, 1.807) is 13.8 Å². The van der Waals surface area contributed by atoms with Crippen molar-refractivity contribution in [2.24, 2.45) is 0 Å². The van der Waals surface area contributed by atoms with Crippen LogP contribution >= 0.6 is 0 Å². The zero-order valence-electron chi connectivity index (χ0n) is 12.8. The zero-order valence-corrected chi connectivity index (χ0v) is 13.6. The molecule has 1 aromatic heterocycles. The highest BCUT2D eigenvalue weighted by molar-refractivity contribution is 7.89. The lowest BCUT2D eigenvalue weighted by atomic mass is 10.1. The minimum absolute atomic E-state index is 0.178. The van der Waals surface area contributed by atoms with Gasteiger partial charge in [-0.2, -0.15) is 4.31 Å². The van der Waals surface area contributed by atoms with Crippen LogP contribution in [0.5, 0.6) is 0 Å². The van der Waals surface area contributed by atoms with E-state index >= 15 is 0 Å². The Morgan fingerprint density at radius 1 is 1.24 bits per heavy atom. The van der Waals surface area contributed by atoms with Crippen molar-refractivity contribution in [2.75, 3.05) is 6.54 Å². The number of aryl methyl sites for hydroxylation is 3. The normalized spacial score (nSPS) is 12.0. The molecule has 1 aromatic carbocycles. The molecule has 0 bridgehead atoms. The first kappa shape index (κ1) is 15.7.